The van der Waals surface area contributed by atoms with Crippen molar-refractivity contribution in [1.29, 1.82) is 0 Å². The number of rotatable bonds is 4. The van der Waals surface area contributed by atoms with Crippen molar-refractivity contribution in [1.82, 2.24) is 5.32 Å². The van der Waals surface area contributed by atoms with Crippen molar-refractivity contribution in [3.63, 3.8) is 0 Å². The smallest absolute Gasteiger partial charge is 0.311 e. The van der Waals surface area contributed by atoms with Gasteiger partial charge in [-0.1, -0.05) is 12.8 Å². The van der Waals surface area contributed by atoms with Crippen LogP contribution in [0.3, 0.4) is 0 Å². The lowest BCUT2D eigenvalue weighted by Gasteiger charge is -2.23. The lowest BCUT2D eigenvalue weighted by atomic mass is 9.86. The third-order valence-corrected chi connectivity index (χ3v) is 3.77. The summed E-state index contributed by atoms with van der Waals surface area (Å²) in [4.78, 5) is 23.3. The van der Waals surface area contributed by atoms with Gasteiger partial charge in [0.05, 0.1) is 5.41 Å². The first-order chi connectivity index (χ1) is 9.43. The second-order valence-corrected chi connectivity index (χ2v) is 5.21. The fraction of sp³-hybridized carbons (Fsp3) is 0.429. The van der Waals surface area contributed by atoms with Crippen LogP contribution in [0.4, 0.5) is 0 Å². The Balaban J connectivity index is 2.06. The molecule has 0 aromatic heterocycles. The molecule has 1 aliphatic carbocycles. The van der Waals surface area contributed by atoms with Crippen LogP contribution in [0.1, 0.15) is 36.0 Å². The highest BCUT2D eigenvalue weighted by Crippen LogP contribution is 2.37. The van der Waals surface area contributed by atoms with Crippen LogP contribution in [0.25, 0.3) is 0 Å². The molecule has 0 bridgehead atoms. The summed E-state index contributed by atoms with van der Waals surface area (Å²) < 4.78 is 0. The van der Waals surface area contributed by atoms with Gasteiger partial charge in [-0.15, -0.1) is 0 Å². The van der Waals surface area contributed by atoms with E-state index in [1.807, 2.05) is 0 Å². The van der Waals surface area contributed by atoms with Crippen LogP contribution >= 0.6 is 0 Å². The van der Waals surface area contributed by atoms with E-state index >= 15 is 0 Å². The van der Waals surface area contributed by atoms with E-state index in [9.17, 15) is 24.9 Å². The number of carboxylic acids is 1. The second kappa shape index (κ2) is 5.40. The number of hydrogen-bond acceptors (Lipinski definition) is 4. The van der Waals surface area contributed by atoms with Gasteiger partial charge in [-0.2, -0.15) is 0 Å². The number of aromatic hydroxyl groups is 2. The topological polar surface area (TPSA) is 107 Å². The normalized spacial score (nSPS) is 16.8. The van der Waals surface area contributed by atoms with E-state index in [0.29, 0.717) is 12.8 Å². The van der Waals surface area contributed by atoms with Gasteiger partial charge in [-0.25, -0.2) is 0 Å². The number of benzene rings is 1. The summed E-state index contributed by atoms with van der Waals surface area (Å²) in [6, 6.07) is 3.56. The fourth-order valence-electron chi connectivity index (χ4n) is 2.60. The van der Waals surface area contributed by atoms with Crippen molar-refractivity contribution in [2.75, 3.05) is 6.54 Å². The lowest BCUT2D eigenvalue weighted by molar-refractivity contribution is -0.148. The molecule has 2 rings (SSSR count). The molecule has 1 aromatic rings. The molecule has 108 valence electrons. The van der Waals surface area contributed by atoms with Gasteiger partial charge in [0.25, 0.3) is 5.91 Å². The number of amides is 1. The van der Waals surface area contributed by atoms with Crippen LogP contribution in [0.2, 0.25) is 0 Å². The zero-order valence-electron chi connectivity index (χ0n) is 10.9. The molecule has 1 saturated carbocycles. The molecule has 0 aliphatic heterocycles. The summed E-state index contributed by atoms with van der Waals surface area (Å²) in [5.41, 5.74) is -0.796. The van der Waals surface area contributed by atoms with Gasteiger partial charge >= 0.3 is 5.97 Å². The zero-order chi connectivity index (χ0) is 14.8. The van der Waals surface area contributed by atoms with Gasteiger partial charge in [0.1, 0.15) is 11.5 Å². The molecule has 0 unspecified atom stereocenters. The van der Waals surface area contributed by atoms with Crippen LogP contribution in [0.15, 0.2) is 18.2 Å². The first-order valence-corrected chi connectivity index (χ1v) is 6.48. The molecule has 1 amide bonds. The molecule has 0 radical (unpaired) electrons. The zero-order valence-corrected chi connectivity index (χ0v) is 10.9. The minimum Gasteiger partial charge on any atom is -0.508 e. The first kappa shape index (κ1) is 14.2. The molecule has 1 fully saturated rings. The van der Waals surface area contributed by atoms with E-state index < -0.39 is 17.3 Å². The highest BCUT2D eigenvalue weighted by atomic mass is 16.4. The lowest BCUT2D eigenvalue weighted by Crippen LogP contribution is -2.41. The van der Waals surface area contributed by atoms with Crippen molar-refractivity contribution in [3.05, 3.63) is 23.8 Å². The Kier molecular flexibility index (Phi) is 3.83. The summed E-state index contributed by atoms with van der Waals surface area (Å²) in [6.45, 7) is 0.0532. The monoisotopic (exact) mass is 279 g/mol. The maximum absolute atomic E-state index is 11.9. The van der Waals surface area contributed by atoms with Crippen LogP contribution in [0, 0.1) is 5.41 Å². The summed E-state index contributed by atoms with van der Waals surface area (Å²) in [6.07, 6.45) is 2.78. The number of hydrogen-bond donors (Lipinski definition) is 4. The van der Waals surface area contributed by atoms with Gasteiger partial charge in [0, 0.05) is 18.2 Å². The Morgan fingerprint density at radius 3 is 2.15 bits per heavy atom. The summed E-state index contributed by atoms with van der Waals surface area (Å²) >= 11 is 0. The third-order valence-electron chi connectivity index (χ3n) is 3.77. The number of nitrogens with one attached hydrogen (secondary N) is 1. The van der Waals surface area contributed by atoms with Gasteiger partial charge in [0.2, 0.25) is 0 Å². The third kappa shape index (κ3) is 2.84. The molecule has 20 heavy (non-hydrogen) atoms. The Hall–Kier alpha value is -2.24. The van der Waals surface area contributed by atoms with E-state index in [1.54, 1.807) is 0 Å². The maximum Gasteiger partial charge on any atom is 0.311 e. The number of carboxylic acid groups (broad SMARTS) is 1. The van der Waals surface area contributed by atoms with Crippen LogP contribution in [-0.4, -0.2) is 33.7 Å². The molecular formula is C14H17NO5. The first-order valence-electron chi connectivity index (χ1n) is 6.48. The summed E-state index contributed by atoms with van der Waals surface area (Å²) in [5.74, 6) is -1.84. The molecule has 0 heterocycles. The molecule has 0 atom stereocenters. The predicted molar refractivity (Wildman–Crippen MR) is 70.6 cm³/mol. The molecule has 0 saturated heterocycles. The van der Waals surface area contributed by atoms with E-state index in [-0.39, 0.29) is 23.6 Å². The van der Waals surface area contributed by atoms with E-state index in [0.717, 1.165) is 18.9 Å². The van der Waals surface area contributed by atoms with Crippen molar-refractivity contribution < 1.29 is 24.9 Å². The van der Waals surface area contributed by atoms with Crippen LogP contribution < -0.4 is 5.32 Å². The summed E-state index contributed by atoms with van der Waals surface area (Å²) in [5, 5.41) is 30.5. The molecule has 4 N–H and O–H groups in total. The Bertz CT molecular complexity index is 514. The van der Waals surface area contributed by atoms with Crippen molar-refractivity contribution in [3.8, 4) is 11.5 Å². The maximum atomic E-state index is 11.9. The fourth-order valence-corrected chi connectivity index (χ4v) is 2.60. The number of carbonyl (C=O) groups is 2. The van der Waals surface area contributed by atoms with Gasteiger partial charge in [-0.05, 0) is 25.0 Å². The molecule has 1 aromatic carbocycles. The van der Waals surface area contributed by atoms with Crippen molar-refractivity contribution >= 4 is 11.9 Å². The highest BCUT2D eigenvalue weighted by Gasteiger charge is 2.41. The number of carbonyl (C=O) groups excluding carboxylic acids is 1. The SMILES string of the molecule is O=C(NCC1(C(=O)O)CCCC1)c1cc(O)cc(O)c1. The minimum absolute atomic E-state index is 0.0532. The van der Waals surface area contributed by atoms with Gasteiger partial charge < -0.3 is 20.6 Å². The molecule has 1 aliphatic rings. The second-order valence-electron chi connectivity index (χ2n) is 5.21. The summed E-state index contributed by atoms with van der Waals surface area (Å²) in [7, 11) is 0. The molecule has 0 spiro atoms. The van der Waals surface area contributed by atoms with Gasteiger partial charge in [-0.3, -0.25) is 9.59 Å². The molecule has 6 nitrogen and oxygen atoms in total. The number of phenols is 2. The minimum atomic E-state index is -0.894. The van der Waals surface area contributed by atoms with Crippen molar-refractivity contribution in [2.45, 2.75) is 25.7 Å². The van der Waals surface area contributed by atoms with Crippen molar-refractivity contribution in [2.24, 2.45) is 5.41 Å². The van der Waals surface area contributed by atoms with Gasteiger partial charge in [0.15, 0.2) is 0 Å². The standard InChI is InChI=1S/C14H17NO5/c16-10-5-9(6-11(17)7-10)12(18)15-8-14(13(19)20)3-1-2-4-14/h5-7,16-17H,1-4,8H2,(H,15,18)(H,19,20). The molecular weight excluding hydrogens is 262 g/mol. The van der Waals surface area contributed by atoms with Crippen LogP contribution in [0.5, 0.6) is 11.5 Å². The highest BCUT2D eigenvalue weighted by molar-refractivity contribution is 5.95. The number of aliphatic carboxylic acids is 1. The average Bonchev–Trinajstić information content (AvgIpc) is 2.84. The Morgan fingerprint density at radius 1 is 1.10 bits per heavy atom. The van der Waals surface area contributed by atoms with E-state index in [4.69, 9.17) is 0 Å². The number of phenolic OH excluding ortho intramolecular Hbond substituents is 2. The average molecular weight is 279 g/mol. The van der Waals surface area contributed by atoms with E-state index in [2.05, 4.69) is 5.32 Å². The molecule has 6 heteroatoms. The Morgan fingerprint density at radius 2 is 1.65 bits per heavy atom. The quantitative estimate of drug-likeness (QED) is 0.667. The van der Waals surface area contributed by atoms with E-state index in [1.165, 1.54) is 12.1 Å². The predicted octanol–water partition coefficient (Wildman–Crippen LogP) is 1.47. The van der Waals surface area contributed by atoms with Crippen LogP contribution in [-0.2, 0) is 4.79 Å². The Labute approximate surface area is 116 Å². The largest absolute Gasteiger partial charge is 0.508 e.